The van der Waals surface area contributed by atoms with Gasteiger partial charge in [0.1, 0.15) is 5.69 Å². The lowest BCUT2D eigenvalue weighted by atomic mass is 10.3. The molecule has 0 aliphatic carbocycles. The minimum atomic E-state index is -0.500. The molecule has 1 aromatic heterocycles. The van der Waals surface area contributed by atoms with Crippen molar-refractivity contribution >= 4 is 11.6 Å². The Morgan fingerprint density at radius 1 is 1.32 bits per heavy atom. The second-order valence-corrected chi connectivity index (χ2v) is 4.17. The summed E-state index contributed by atoms with van der Waals surface area (Å²) >= 11 is 0. The molecular formula is C12H20N4O3. The number of nitrogens with zero attached hydrogens (tertiary/aromatic N) is 3. The molecular weight excluding hydrogens is 248 g/mol. The van der Waals surface area contributed by atoms with Gasteiger partial charge in [-0.25, -0.2) is 4.98 Å². The molecule has 7 heteroatoms. The molecule has 0 spiro atoms. The Hall–Kier alpha value is -1.92. The maximum Gasteiger partial charge on any atom is 0.352 e. The topological polar surface area (TPSA) is 90.2 Å². The lowest BCUT2D eigenvalue weighted by molar-refractivity contribution is -0.387. The van der Waals surface area contributed by atoms with Crippen molar-refractivity contribution in [1.82, 2.24) is 9.97 Å². The van der Waals surface area contributed by atoms with Gasteiger partial charge in [-0.3, -0.25) is 10.1 Å². The van der Waals surface area contributed by atoms with Gasteiger partial charge in [-0.1, -0.05) is 20.3 Å². The molecule has 1 aromatic rings. The summed E-state index contributed by atoms with van der Waals surface area (Å²) in [7, 11) is 0. The van der Waals surface area contributed by atoms with Crippen molar-refractivity contribution in [2.45, 2.75) is 40.0 Å². The second-order valence-electron chi connectivity index (χ2n) is 4.17. The van der Waals surface area contributed by atoms with Crippen LogP contribution in [0.5, 0.6) is 5.88 Å². The van der Waals surface area contributed by atoms with Crippen molar-refractivity contribution < 1.29 is 9.66 Å². The van der Waals surface area contributed by atoms with Gasteiger partial charge in [-0.05, 0) is 19.8 Å². The molecule has 0 fully saturated rings. The van der Waals surface area contributed by atoms with Crippen LogP contribution in [-0.4, -0.2) is 28.0 Å². The largest absolute Gasteiger partial charge is 0.473 e. The summed E-state index contributed by atoms with van der Waals surface area (Å²) in [5, 5.41) is 14.0. The molecule has 7 nitrogen and oxygen atoms in total. The normalized spacial score (nSPS) is 10.3. The van der Waals surface area contributed by atoms with Crippen molar-refractivity contribution in [2.75, 3.05) is 18.5 Å². The molecule has 0 aliphatic heterocycles. The fourth-order valence-electron chi connectivity index (χ4n) is 1.48. The van der Waals surface area contributed by atoms with E-state index in [-0.39, 0.29) is 11.6 Å². The van der Waals surface area contributed by atoms with E-state index in [0.29, 0.717) is 24.8 Å². The maximum atomic E-state index is 11.0. The molecule has 0 amide bonds. The fraction of sp³-hybridized carbons (Fsp3) is 0.667. The first-order chi connectivity index (χ1) is 9.10. The van der Waals surface area contributed by atoms with Gasteiger partial charge in [0.05, 0.1) is 11.5 Å². The molecule has 0 aliphatic rings. The SMILES string of the molecule is CCCCOc1nc(NCCC)nc(C)c1[N+](=O)[O-]. The first-order valence-corrected chi connectivity index (χ1v) is 6.49. The van der Waals surface area contributed by atoms with Crippen molar-refractivity contribution in [3.63, 3.8) is 0 Å². The highest BCUT2D eigenvalue weighted by Crippen LogP contribution is 2.28. The molecule has 19 heavy (non-hydrogen) atoms. The summed E-state index contributed by atoms with van der Waals surface area (Å²) in [5.74, 6) is 0.418. The summed E-state index contributed by atoms with van der Waals surface area (Å²) in [4.78, 5) is 18.7. The van der Waals surface area contributed by atoms with E-state index in [1.165, 1.54) is 0 Å². The molecule has 1 rings (SSSR count). The van der Waals surface area contributed by atoms with E-state index in [1.807, 2.05) is 13.8 Å². The minimum Gasteiger partial charge on any atom is -0.473 e. The van der Waals surface area contributed by atoms with E-state index in [2.05, 4.69) is 15.3 Å². The van der Waals surface area contributed by atoms with Crippen molar-refractivity contribution in [3.05, 3.63) is 15.8 Å². The molecule has 0 saturated carbocycles. The number of anilines is 1. The molecule has 0 atom stereocenters. The highest BCUT2D eigenvalue weighted by Gasteiger charge is 2.23. The smallest absolute Gasteiger partial charge is 0.352 e. The minimum absolute atomic E-state index is 0.0459. The summed E-state index contributed by atoms with van der Waals surface area (Å²) in [6, 6.07) is 0. The van der Waals surface area contributed by atoms with E-state index in [4.69, 9.17) is 4.74 Å². The van der Waals surface area contributed by atoms with Crippen LogP contribution in [0.25, 0.3) is 0 Å². The van der Waals surface area contributed by atoms with Crippen molar-refractivity contribution in [1.29, 1.82) is 0 Å². The van der Waals surface area contributed by atoms with Gasteiger partial charge in [0.2, 0.25) is 5.95 Å². The van der Waals surface area contributed by atoms with Crippen molar-refractivity contribution in [2.24, 2.45) is 0 Å². The number of ether oxygens (including phenoxy) is 1. The Morgan fingerprint density at radius 2 is 2.05 bits per heavy atom. The highest BCUT2D eigenvalue weighted by molar-refractivity contribution is 5.48. The predicted octanol–water partition coefficient (Wildman–Crippen LogP) is 2.69. The molecule has 106 valence electrons. The number of hydrogen-bond acceptors (Lipinski definition) is 6. The molecule has 1 heterocycles. The van der Waals surface area contributed by atoms with Crippen LogP contribution in [0.2, 0.25) is 0 Å². The second kappa shape index (κ2) is 7.50. The molecule has 0 aromatic carbocycles. The van der Waals surface area contributed by atoms with Crippen LogP contribution in [0.15, 0.2) is 0 Å². The van der Waals surface area contributed by atoms with Gasteiger partial charge in [-0.15, -0.1) is 0 Å². The molecule has 0 unspecified atom stereocenters. The van der Waals surface area contributed by atoms with E-state index >= 15 is 0 Å². The zero-order valence-corrected chi connectivity index (χ0v) is 11.6. The zero-order valence-electron chi connectivity index (χ0n) is 11.6. The Morgan fingerprint density at radius 3 is 2.63 bits per heavy atom. The zero-order chi connectivity index (χ0) is 14.3. The first kappa shape index (κ1) is 15.1. The van der Waals surface area contributed by atoms with Crippen LogP contribution in [0.1, 0.15) is 38.8 Å². The Labute approximate surface area is 112 Å². The third-order valence-electron chi connectivity index (χ3n) is 2.48. The van der Waals surface area contributed by atoms with Crippen LogP contribution in [0, 0.1) is 17.0 Å². The monoisotopic (exact) mass is 268 g/mol. The van der Waals surface area contributed by atoms with Crippen molar-refractivity contribution in [3.8, 4) is 5.88 Å². The van der Waals surface area contributed by atoms with Gasteiger partial charge < -0.3 is 10.1 Å². The summed E-state index contributed by atoms with van der Waals surface area (Å²) in [5.41, 5.74) is 0.156. The van der Waals surface area contributed by atoms with Gasteiger partial charge in [0, 0.05) is 6.54 Å². The Bertz CT molecular complexity index is 437. The summed E-state index contributed by atoms with van der Waals surface area (Å²) in [6.07, 6.45) is 2.71. The highest BCUT2D eigenvalue weighted by atomic mass is 16.6. The number of aryl methyl sites for hydroxylation is 1. The molecule has 0 saturated heterocycles. The summed E-state index contributed by atoms with van der Waals surface area (Å²) < 4.78 is 5.41. The number of hydrogen-bond donors (Lipinski definition) is 1. The van der Waals surface area contributed by atoms with Gasteiger partial charge in [0.25, 0.3) is 5.88 Å². The number of aromatic nitrogens is 2. The Balaban J connectivity index is 2.99. The van der Waals surface area contributed by atoms with Crippen LogP contribution < -0.4 is 10.1 Å². The average molecular weight is 268 g/mol. The number of rotatable bonds is 8. The number of nitro groups is 1. The van der Waals surface area contributed by atoms with Crippen LogP contribution in [0.4, 0.5) is 11.6 Å². The predicted molar refractivity (Wildman–Crippen MR) is 72.6 cm³/mol. The van der Waals surface area contributed by atoms with Gasteiger partial charge in [0.15, 0.2) is 0 Å². The van der Waals surface area contributed by atoms with Gasteiger partial charge in [-0.2, -0.15) is 4.98 Å². The third-order valence-corrected chi connectivity index (χ3v) is 2.48. The molecule has 1 N–H and O–H groups in total. The molecule has 0 radical (unpaired) electrons. The van der Waals surface area contributed by atoms with Crippen LogP contribution >= 0.6 is 0 Å². The average Bonchev–Trinajstić information content (AvgIpc) is 2.35. The van der Waals surface area contributed by atoms with Crippen LogP contribution in [0.3, 0.4) is 0 Å². The number of nitrogens with one attached hydrogen (secondary N) is 1. The third kappa shape index (κ3) is 4.35. The van der Waals surface area contributed by atoms with Crippen LogP contribution in [-0.2, 0) is 0 Å². The quantitative estimate of drug-likeness (QED) is 0.443. The van der Waals surface area contributed by atoms with E-state index in [0.717, 1.165) is 19.3 Å². The van der Waals surface area contributed by atoms with E-state index in [1.54, 1.807) is 6.92 Å². The first-order valence-electron chi connectivity index (χ1n) is 6.49. The van der Waals surface area contributed by atoms with E-state index in [9.17, 15) is 10.1 Å². The number of unbranched alkanes of at least 4 members (excludes halogenated alkanes) is 1. The van der Waals surface area contributed by atoms with Gasteiger partial charge >= 0.3 is 5.69 Å². The van der Waals surface area contributed by atoms with E-state index < -0.39 is 4.92 Å². The molecule has 0 bridgehead atoms. The fourth-order valence-corrected chi connectivity index (χ4v) is 1.48. The standard InChI is InChI=1S/C12H20N4O3/c1-4-6-8-19-11-10(16(17)18)9(3)14-12(15-11)13-7-5-2/h4-8H2,1-3H3,(H,13,14,15). The maximum absolute atomic E-state index is 11.0. The summed E-state index contributed by atoms with van der Waals surface area (Å²) in [6.45, 7) is 6.76. The Kier molecular flexibility index (Phi) is 5.98. The lowest BCUT2D eigenvalue weighted by Crippen LogP contribution is -2.10. The lowest BCUT2D eigenvalue weighted by Gasteiger charge is -2.09.